The van der Waals surface area contributed by atoms with Gasteiger partial charge >= 0.3 is 0 Å². The van der Waals surface area contributed by atoms with Crippen LogP contribution in [0.4, 0.5) is 11.4 Å². The Morgan fingerprint density at radius 1 is 1.19 bits per heavy atom. The fourth-order valence-electron chi connectivity index (χ4n) is 3.37. The molecule has 2 heterocycles. The molecule has 1 aromatic rings. The summed E-state index contributed by atoms with van der Waals surface area (Å²) in [6, 6.07) is 7.92. The molecule has 1 amide bonds. The molecule has 21 heavy (non-hydrogen) atoms. The maximum absolute atomic E-state index is 12.7. The molecular weight excluding hydrogens is 262 g/mol. The first kappa shape index (κ1) is 14.2. The number of likely N-dealkylation sites (tertiary alicyclic amines) is 1. The van der Waals surface area contributed by atoms with Crippen LogP contribution in [0.15, 0.2) is 24.3 Å². The summed E-state index contributed by atoms with van der Waals surface area (Å²) >= 11 is 0. The highest BCUT2D eigenvalue weighted by atomic mass is 16.2. The Morgan fingerprint density at radius 3 is 2.52 bits per heavy atom. The van der Waals surface area contributed by atoms with Crippen LogP contribution in [0.5, 0.6) is 0 Å². The van der Waals surface area contributed by atoms with Gasteiger partial charge in [0.2, 0.25) is 5.91 Å². The van der Waals surface area contributed by atoms with Gasteiger partial charge in [-0.25, -0.2) is 0 Å². The summed E-state index contributed by atoms with van der Waals surface area (Å²) in [4.78, 5) is 14.7. The molecule has 4 heteroatoms. The van der Waals surface area contributed by atoms with Gasteiger partial charge in [0, 0.05) is 19.6 Å². The summed E-state index contributed by atoms with van der Waals surface area (Å²) in [6.45, 7) is 7.04. The molecule has 1 saturated heterocycles. The molecule has 0 radical (unpaired) electrons. The summed E-state index contributed by atoms with van der Waals surface area (Å²) in [5.74, 6) is 1.73. The van der Waals surface area contributed by atoms with E-state index in [1.165, 1.54) is 0 Å². The van der Waals surface area contributed by atoms with Crippen LogP contribution in [-0.4, -0.2) is 36.5 Å². The van der Waals surface area contributed by atoms with E-state index >= 15 is 0 Å². The number of carbonyl (C=O) groups is 1. The number of para-hydroxylation sites is 2. The molecule has 4 nitrogen and oxygen atoms in total. The molecule has 0 spiro atoms. The lowest BCUT2D eigenvalue weighted by molar-refractivity contribution is -0.133. The number of anilines is 2. The lowest BCUT2D eigenvalue weighted by Gasteiger charge is -2.37. The highest BCUT2D eigenvalue weighted by Crippen LogP contribution is 2.28. The van der Waals surface area contributed by atoms with Crippen molar-refractivity contribution in [2.45, 2.75) is 32.7 Å². The number of piperidine rings is 1. The second kappa shape index (κ2) is 5.96. The zero-order valence-electron chi connectivity index (χ0n) is 12.9. The van der Waals surface area contributed by atoms with Crippen LogP contribution in [0.2, 0.25) is 0 Å². The predicted molar refractivity (Wildman–Crippen MR) is 86.5 cm³/mol. The maximum atomic E-state index is 12.7. The van der Waals surface area contributed by atoms with Gasteiger partial charge < -0.3 is 15.5 Å². The fourth-order valence-corrected chi connectivity index (χ4v) is 3.37. The maximum Gasteiger partial charge on any atom is 0.246 e. The lowest BCUT2D eigenvalue weighted by atomic mass is 9.86. The Balaban J connectivity index is 1.60. The van der Waals surface area contributed by atoms with Gasteiger partial charge in [0.25, 0.3) is 0 Å². The first-order valence-electron chi connectivity index (χ1n) is 8.03. The number of rotatable bonds is 2. The van der Waals surface area contributed by atoms with Gasteiger partial charge in [-0.3, -0.25) is 4.79 Å². The van der Waals surface area contributed by atoms with Crippen molar-refractivity contribution >= 4 is 17.3 Å². The summed E-state index contributed by atoms with van der Waals surface area (Å²) in [6.07, 6.45) is 2.28. The van der Waals surface area contributed by atoms with Gasteiger partial charge in [-0.2, -0.15) is 0 Å². The molecule has 1 atom stereocenters. The molecule has 0 aromatic heterocycles. The van der Waals surface area contributed by atoms with Crippen molar-refractivity contribution in [1.29, 1.82) is 0 Å². The zero-order valence-corrected chi connectivity index (χ0v) is 12.9. The molecule has 1 aromatic carbocycles. The number of nitrogens with one attached hydrogen (secondary N) is 2. The van der Waals surface area contributed by atoms with Crippen LogP contribution in [0.3, 0.4) is 0 Å². The van der Waals surface area contributed by atoms with Gasteiger partial charge in [0.1, 0.15) is 6.04 Å². The highest BCUT2D eigenvalue weighted by Gasteiger charge is 2.30. The summed E-state index contributed by atoms with van der Waals surface area (Å²) in [7, 11) is 0. The van der Waals surface area contributed by atoms with Crippen LogP contribution < -0.4 is 10.6 Å². The van der Waals surface area contributed by atoms with E-state index in [2.05, 4.69) is 24.5 Å². The van der Waals surface area contributed by atoms with Crippen LogP contribution in [-0.2, 0) is 4.79 Å². The second-order valence-corrected chi connectivity index (χ2v) is 6.53. The van der Waals surface area contributed by atoms with Crippen LogP contribution >= 0.6 is 0 Å². The van der Waals surface area contributed by atoms with E-state index in [9.17, 15) is 4.79 Å². The molecular formula is C17H25N3O. The third-order valence-corrected chi connectivity index (χ3v) is 4.85. The first-order chi connectivity index (χ1) is 10.1. The summed E-state index contributed by atoms with van der Waals surface area (Å²) < 4.78 is 0. The third-order valence-electron chi connectivity index (χ3n) is 4.85. The number of amides is 1. The molecule has 1 unspecified atom stereocenters. The van der Waals surface area contributed by atoms with E-state index in [0.29, 0.717) is 6.54 Å². The van der Waals surface area contributed by atoms with Crippen molar-refractivity contribution in [3.05, 3.63) is 24.3 Å². The number of hydrogen-bond donors (Lipinski definition) is 2. The van der Waals surface area contributed by atoms with E-state index in [1.807, 2.05) is 29.2 Å². The Bertz CT molecular complexity index is 507. The predicted octanol–water partition coefficient (Wildman–Crippen LogP) is 2.79. The van der Waals surface area contributed by atoms with Crippen LogP contribution in [0.1, 0.15) is 26.7 Å². The lowest BCUT2D eigenvalue weighted by Crippen LogP contribution is -2.50. The van der Waals surface area contributed by atoms with E-state index in [4.69, 9.17) is 0 Å². The van der Waals surface area contributed by atoms with E-state index in [0.717, 1.165) is 49.1 Å². The largest absolute Gasteiger partial charge is 0.381 e. The zero-order chi connectivity index (χ0) is 14.8. The topological polar surface area (TPSA) is 44.4 Å². The standard InChI is InChI=1S/C17H25N3O/c1-12(2)13-7-9-20(10-8-13)17(21)16-11-18-14-5-3-4-6-15(14)19-16/h3-6,12-13,16,18-19H,7-11H2,1-2H3. The molecule has 2 aliphatic rings. The molecule has 2 N–H and O–H groups in total. The normalized spacial score (nSPS) is 22.4. The number of benzene rings is 1. The number of nitrogens with zero attached hydrogens (tertiary/aromatic N) is 1. The van der Waals surface area contributed by atoms with E-state index in [1.54, 1.807) is 0 Å². The highest BCUT2D eigenvalue weighted by molar-refractivity contribution is 5.88. The minimum atomic E-state index is -0.143. The average Bonchev–Trinajstić information content (AvgIpc) is 2.54. The van der Waals surface area contributed by atoms with Crippen LogP contribution in [0, 0.1) is 11.8 Å². The Kier molecular flexibility index (Phi) is 4.04. The SMILES string of the molecule is CC(C)C1CCN(C(=O)C2CNc3ccccc3N2)CC1. The quantitative estimate of drug-likeness (QED) is 0.879. The molecule has 2 aliphatic heterocycles. The van der Waals surface area contributed by atoms with Crippen molar-refractivity contribution < 1.29 is 4.79 Å². The number of carbonyl (C=O) groups excluding carboxylic acids is 1. The van der Waals surface area contributed by atoms with Gasteiger partial charge in [-0.1, -0.05) is 26.0 Å². The Morgan fingerprint density at radius 2 is 1.86 bits per heavy atom. The number of fused-ring (bicyclic) bond motifs is 1. The van der Waals surface area contributed by atoms with E-state index < -0.39 is 0 Å². The summed E-state index contributed by atoms with van der Waals surface area (Å²) in [5.41, 5.74) is 2.11. The molecule has 1 fully saturated rings. The van der Waals surface area contributed by atoms with Crippen LogP contribution in [0.25, 0.3) is 0 Å². The van der Waals surface area contributed by atoms with Crippen molar-refractivity contribution in [3.8, 4) is 0 Å². The summed E-state index contributed by atoms with van der Waals surface area (Å²) in [5, 5.41) is 6.72. The van der Waals surface area contributed by atoms with Crippen molar-refractivity contribution in [2.24, 2.45) is 11.8 Å². The Labute approximate surface area is 126 Å². The van der Waals surface area contributed by atoms with Gasteiger partial charge in [-0.15, -0.1) is 0 Å². The molecule has 0 saturated carbocycles. The third kappa shape index (κ3) is 2.99. The molecule has 0 bridgehead atoms. The first-order valence-corrected chi connectivity index (χ1v) is 8.03. The van der Waals surface area contributed by atoms with Crippen molar-refractivity contribution in [3.63, 3.8) is 0 Å². The van der Waals surface area contributed by atoms with Gasteiger partial charge in [-0.05, 0) is 36.8 Å². The number of hydrogen-bond acceptors (Lipinski definition) is 3. The monoisotopic (exact) mass is 287 g/mol. The molecule has 114 valence electrons. The van der Waals surface area contributed by atoms with Crippen molar-refractivity contribution in [1.82, 2.24) is 4.90 Å². The minimum absolute atomic E-state index is 0.143. The molecule has 3 rings (SSSR count). The smallest absolute Gasteiger partial charge is 0.246 e. The van der Waals surface area contributed by atoms with Crippen molar-refractivity contribution in [2.75, 3.05) is 30.3 Å². The minimum Gasteiger partial charge on any atom is -0.381 e. The van der Waals surface area contributed by atoms with Gasteiger partial charge in [0.05, 0.1) is 11.4 Å². The Hall–Kier alpha value is -1.71. The van der Waals surface area contributed by atoms with E-state index in [-0.39, 0.29) is 11.9 Å². The molecule has 0 aliphatic carbocycles. The van der Waals surface area contributed by atoms with Gasteiger partial charge in [0.15, 0.2) is 0 Å². The fraction of sp³-hybridized carbons (Fsp3) is 0.588. The average molecular weight is 287 g/mol. The second-order valence-electron chi connectivity index (χ2n) is 6.53.